The SMILES string of the molecule is Cc1ccc(C(N)=O)cc1NC(=O)c1ccccc1F. The first-order valence-electron chi connectivity index (χ1n) is 5.95. The molecule has 0 saturated carbocycles. The molecule has 4 nitrogen and oxygen atoms in total. The maximum Gasteiger partial charge on any atom is 0.258 e. The summed E-state index contributed by atoms with van der Waals surface area (Å²) < 4.78 is 13.5. The predicted molar refractivity (Wildman–Crippen MR) is 74.1 cm³/mol. The van der Waals surface area contributed by atoms with Crippen molar-refractivity contribution in [2.24, 2.45) is 5.73 Å². The number of aryl methyl sites for hydroxylation is 1. The highest BCUT2D eigenvalue weighted by Gasteiger charge is 2.13. The fraction of sp³-hybridized carbons (Fsp3) is 0.0667. The number of rotatable bonds is 3. The molecular formula is C15H13FN2O2. The Morgan fingerprint density at radius 1 is 1.15 bits per heavy atom. The van der Waals surface area contributed by atoms with Crippen molar-refractivity contribution in [3.05, 3.63) is 65.0 Å². The molecule has 3 N–H and O–H groups in total. The van der Waals surface area contributed by atoms with Crippen LogP contribution in [0, 0.1) is 12.7 Å². The Labute approximate surface area is 115 Å². The smallest absolute Gasteiger partial charge is 0.258 e. The van der Waals surface area contributed by atoms with Crippen LogP contribution in [0.4, 0.5) is 10.1 Å². The summed E-state index contributed by atoms with van der Waals surface area (Å²) >= 11 is 0. The molecule has 2 rings (SSSR count). The van der Waals surface area contributed by atoms with Gasteiger partial charge in [-0.3, -0.25) is 9.59 Å². The summed E-state index contributed by atoms with van der Waals surface area (Å²) in [5.41, 5.74) is 6.58. The molecule has 0 bridgehead atoms. The van der Waals surface area contributed by atoms with Crippen molar-refractivity contribution < 1.29 is 14.0 Å². The Bertz CT molecular complexity index is 683. The first-order chi connectivity index (χ1) is 9.49. The molecule has 0 aliphatic heterocycles. The van der Waals surface area contributed by atoms with Gasteiger partial charge in [0.05, 0.1) is 5.56 Å². The van der Waals surface area contributed by atoms with Gasteiger partial charge in [0.15, 0.2) is 0 Å². The molecule has 0 aliphatic carbocycles. The van der Waals surface area contributed by atoms with Crippen molar-refractivity contribution >= 4 is 17.5 Å². The quantitative estimate of drug-likeness (QED) is 0.901. The summed E-state index contributed by atoms with van der Waals surface area (Å²) in [6, 6.07) is 10.4. The Kier molecular flexibility index (Phi) is 3.79. The first-order valence-corrected chi connectivity index (χ1v) is 5.95. The first kappa shape index (κ1) is 13.7. The van der Waals surface area contributed by atoms with Crippen molar-refractivity contribution in [2.75, 3.05) is 5.32 Å². The topological polar surface area (TPSA) is 72.2 Å². The van der Waals surface area contributed by atoms with Crippen LogP contribution in [0.15, 0.2) is 42.5 Å². The normalized spacial score (nSPS) is 10.1. The highest BCUT2D eigenvalue weighted by Crippen LogP contribution is 2.18. The number of benzene rings is 2. The molecule has 0 radical (unpaired) electrons. The van der Waals surface area contributed by atoms with Crippen LogP contribution in [0.2, 0.25) is 0 Å². The minimum absolute atomic E-state index is 0.0589. The van der Waals surface area contributed by atoms with Gasteiger partial charge in [0.1, 0.15) is 5.82 Å². The van der Waals surface area contributed by atoms with Crippen LogP contribution in [-0.4, -0.2) is 11.8 Å². The molecule has 2 aromatic rings. The molecule has 20 heavy (non-hydrogen) atoms. The van der Waals surface area contributed by atoms with E-state index in [0.717, 1.165) is 5.56 Å². The number of nitrogens with one attached hydrogen (secondary N) is 1. The molecule has 0 spiro atoms. The maximum atomic E-state index is 13.5. The molecular weight excluding hydrogens is 259 g/mol. The van der Waals surface area contributed by atoms with E-state index in [9.17, 15) is 14.0 Å². The largest absolute Gasteiger partial charge is 0.366 e. The second-order valence-corrected chi connectivity index (χ2v) is 4.33. The summed E-state index contributed by atoms with van der Waals surface area (Å²) in [6.07, 6.45) is 0. The van der Waals surface area contributed by atoms with E-state index in [1.54, 1.807) is 25.1 Å². The zero-order valence-electron chi connectivity index (χ0n) is 10.8. The van der Waals surface area contributed by atoms with E-state index in [1.165, 1.54) is 24.3 Å². The summed E-state index contributed by atoms with van der Waals surface area (Å²) in [6.45, 7) is 1.77. The third-order valence-corrected chi connectivity index (χ3v) is 2.89. The number of amides is 2. The zero-order valence-corrected chi connectivity index (χ0v) is 10.8. The van der Waals surface area contributed by atoms with Gasteiger partial charge in [0.2, 0.25) is 5.91 Å². The second-order valence-electron chi connectivity index (χ2n) is 4.33. The standard InChI is InChI=1S/C15H13FN2O2/c1-9-6-7-10(14(17)19)8-13(9)18-15(20)11-4-2-3-5-12(11)16/h2-8H,1H3,(H2,17,19)(H,18,20). The van der Waals surface area contributed by atoms with Crippen LogP contribution in [0.3, 0.4) is 0 Å². The van der Waals surface area contributed by atoms with Crippen LogP contribution in [0.1, 0.15) is 26.3 Å². The van der Waals surface area contributed by atoms with Gasteiger partial charge in [-0.2, -0.15) is 0 Å². The zero-order chi connectivity index (χ0) is 14.7. The lowest BCUT2D eigenvalue weighted by Crippen LogP contribution is -2.16. The lowest BCUT2D eigenvalue weighted by Gasteiger charge is -2.10. The van der Waals surface area contributed by atoms with Crippen molar-refractivity contribution in [1.82, 2.24) is 0 Å². The van der Waals surface area contributed by atoms with Crippen molar-refractivity contribution in [3.63, 3.8) is 0 Å². The summed E-state index contributed by atoms with van der Waals surface area (Å²) in [7, 11) is 0. The second kappa shape index (κ2) is 5.52. The highest BCUT2D eigenvalue weighted by molar-refractivity contribution is 6.05. The number of hydrogen-bond donors (Lipinski definition) is 2. The molecule has 0 saturated heterocycles. The average Bonchev–Trinajstić information content (AvgIpc) is 2.41. The van der Waals surface area contributed by atoms with E-state index in [0.29, 0.717) is 5.69 Å². The fourth-order valence-electron chi connectivity index (χ4n) is 1.74. The minimum Gasteiger partial charge on any atom is -0.366 e. The Balaban J connectivity index is 2.30. The van der Waals surface area contributed by atoms with Gasteiger partial charge >= 0.3 is 0 Å². The van der Waals surface area contributed by atoms with Gasteiger partial charge < -0.3 is 11.1 Å². The lowest BCUT2D eigenvalue weighted by atomic mass is 10.1. The molecule has 0 unspecified atom stereocenters. The number of carbonyl (C=O) groups excluding carboxylic acids is 2. The van der Waals surface area contributed by atoms with Crippen LogP contribution >= 0.6 is 0 Å². The molecule has 2 amide bonds. The van der Waals surface area contributed by atoms with Gasteiger partial charge in [0, 0.05) is 11.3 Å². The third-order valence-electron chi connectivity index (χ3n) is 2.89. The fourth-order valence-corrected chi connectivity index (χ4v) is 1.74. The number of halogens is 1. The molecule has 102 valence electrons. The van der Waals surface area contributed by atoms with Crippen LogP contribution in [0.25, 0.3) is 0 Å². The van der Waals surface area contributed by atoms with Crippen LogP contribution in [-0.2, 0) is 0 Å². The molecule has 0 atom stereocenters. The van der Waals surface area contributed by atoms with E-state index in [1.807, 2.05) is 0 Å². The summed E-state index contributed by atoms with van der Waals surface area (Å²) in [5, 5.41) is 2.58. The Hall–Kier alpha value is -2.69. The van der Waals surface area contributed by atoms with Gasteiger partial charge in [0.25, 0.3) is 5.91 Å². The monoisotopic (exact) mass is 272 g/mol. The van der Waals surface area contributed by atoms with E-state index in [2.05, 4.69) is 5.32 Å². The number of primary amides is 1. The number of carbonyl (C=O) groups is 2. The summed E-state index contributed by atoms with van der Waals surface area (Å²) in [5.74, 6) is -1.77. The van der Waals surface area contributed by atoms with Gasteiger partial charge in [-0.1, -0.05) is 18.2 Å². The highest BCUT2D eigenvalue weighted by atomic mass is 19.1. The molecule has 0 aromatic heterocycles. The maximum absolute atomic E-state index is 13.5. The predicted octanol–water partition coefficient (Wildman–Crippen LogP) is 2.49. The number of anilines is 1. The number of hydrogen-bond acceptors (Lipinski definition) is 2. The van der Waals surface area contributed by atoms with E-state index in [4.69, 9.17) is 5.73 Å². The van der Waals surface area contributed by atoms with Crippen molar-refractivity contribution in [3.8, 4) is 0 Å². The van der Waals surface area contributed by atoms with Crippen molar-refractivity contribution in [2.45, 2.75) is 6.92 Å². The molecule has 0 fully saturated rings. The summed E-state index contributed by atoms with van der Waals surface area (Å²) in [4.78, 5) is 23.1. The van der Waals surface area contributed by atoms with Crippen LogP contribution < -0.4 is 11.1 Å². The van der Waals surface area contributed by atoms with E-state index < -0.39 is 17.6 Å². The molecule has 5 heteroatoms. The van der Waals surface area contributed by atoms with Gasteiger partial charge in [-0.25, -0.2) is 4.39 Å². The average molecular weight is 272 g/mol. The number of nitrogens with two attached hydrogens (primary N) is 1. The van der Waals surface area contributed by atoms with Gasteiger partial charge in [-0.05, 0) is 36.8 Å². The Morgan fingerprint density at radius 3 is 2.50 bits per heavy atom. The van der Waals surface area contributed by atoms with Crippen LogP contribution in [0.5, 0.6) is 0 Å². The van der Waals surface area contributed by atoms with Gasteiger partial charge in [-0.15, -0.1) is 0 Å². The minimum atomic E-state index is -0.603. The Morgan fingerprint density at radius 2 is 1.85 bits per heavy atom. The van der Waals surface area contributed by atoms with Crippen molar-refractivity contribution in [1.29, 1.82) is 0 Å². The lowest BCUT2D eigenvalue weighted by molar-refractivity contribution is 0.0995. The third kappa shape index (κ3) is 2.83. The van der Waals surface area contributed by atoms with E-state index >= 15 is 0 Å². The van der Waals surface area contributed by atoms with E-state index in [-0.39, 0.29) is 11.1 Å². The molecule has 2 aromatic carbocycles. The molecule has 0 heterocycles. The molecule has 0 aliphatic rings.